The number of carbonyl (C=O) groups excluding carboxylic acids is 1. The minimum Gasteiger partial charge on any atom is -0.368 e. The van der Waals surface area contributed by atoms with Gasteiger partial charge in [0.25, 0.3) is 0 Å². The van der Waals surface area contributed by atoms with Gasteiger partial charge in [0.2, 0.25) is 5.91 Å². The summed E-state index contributed by atoms with van der Waals surface area (Å²) in [5.74, 6) is -0.595. The standard InChI is InChI=1S/C11H18F2N4O2/c1-10(2,12)11(3,13)7-17-4-8(15-16-17)5-19-6-9(14)18/h4H,5-7H2,1-3H3,(H2,14,18). The maximum atomic E-state index is 14.1. The molecule has 1 aromatic heterocycles. The van der Waals surface area contributed by atoms with Crippen LogP contribution in [0, 0.1) is 0 Å². The van der Waals surface area contributed by atoms with Crippen molar-refractivity contribution in [3.05, 3.63) is 11.9 Å². The van der Waals surface area contributed by atoms with Gasteiger partial charge in [-0.25, -0.2) is 13.5 Å². The molecule has 6 nitrogen and oxygen atoms in total. The Balaban J connectivity index is 2.58. The lowest BCUT2D eigenvalue weighted by Gasteiger charge is -2.30. The summed E-state index contributed by atoms with van der Waals surface area (Å²) in [5, 5.41) is 7.40. The summed E-state index contributed by atoms with van der Waals surface area (Å²) >= 11 is 0. The van der Waals surface area contributed by atoms with Crippen molar-refractivity contribution >= 4 is 5.91 Å². The zero-order chi connectivity index (χ0) is 14.7. The van der Waals surface area contributed by atoms with Gasteiger partial charge < -0.3 is 10.5 Å². The Morgan fingerprint density at radius 3 is 2.63 bits per heavy atom. The number of primary amides is 1. The second-order valence-corrected chi connectivity index (χ2v) is 5.04. The first-order valence-electron chi connectivity index (χ1n) is 5.75. The number of alkyl halides is 2. The summed E-state index contributed by atoms with van der Waals surface area (Å²) in [7, 11) is 0. The number of hydrogen-bond donors (Lipinski definition) is 1. The minimum atomic E-state index is -2.08. The van der Waals surface area contributed by atoms with E-state index in [1.165, 1.54) is 24.7 Å². The highest BCUT2D eigenvalue weighted by atomic mass is 19.2. The molecule has 0 saturated heterocycles. The van der Waals surface area contributed by atoms with Gasteiger partial charge in [-0.1, -0.05) is 5.21 Å². The molecule has 0 bridgehead atoms. The van der Waals surface area contributed by atoms with Gasteiger partial charge in [-0.05, 0) is 20.8 Å². The lowest BCUT2D eigenvalue weighted by Crippen LogP contribution is -2.43. The molecule has 0 radical (unpaired) electrons. The van der Waals surface area contributed by atoms with E-state index in [1.54, 1.807) is 0 Å². The van der Waals surface area contributed by atoms with Gasteiger partial charge in [0.15, 0.2) is 5.67 Å². The maximum absolute atomic E-state index is 14.1. The lowest BCUT2D eigenvalue weighted by molar-refractivity contribution is -0.122. The van der Waals surface area contributed by atoms with Crippen LogP contribution in [0.5, 0.6) is 0 Å². The highest BCUT2D eigenvalue weighted by Gasteiger charge is 2.42. The number of halogens is 2. The third-order valence-corrected chi connectivity index (χ3v) is 2.78. The Morgan fingerprint density at radius 1 is 1.47 bits per heavy atom. The predicted octanol–water partition coefficient (Wildman–Crippen LogP) is 0.756. The topological polar surface area (TPSA) is 83.0 Å². The van der Waals surface area contributed by atoms with Crippen LogP contribution in [-0.4, -0.2) is 38.8 Å². The van der Waals surface area contributed by atoms with E-state index in [-0.39, 0.29) is 19.8 Å². The average molecular weight is 276 g/mol. The van der Waals surface area contributed by atoms with Gasteiger partial charge in [0.05, 0.1) is 19.3 Å². The molecule has 1 unspecified atom stereocenters. The molecule has 0 aromatic carbocycles. The number of ether oxygens (including phenoxy) is 1. The zero-order valence-corrected chi connectivity index (χ0v) is 11.2. The number of aromatic nitrogens is 3. The fraction of sp³-hybridized carbons (Fsp3) is 0.727. The van der Waals surface area contributed by atoms with Crippen molar-refractivity contribution < 1.29 is 18.3 Å². The van der Waals surface area contributed by atoms with Crippen LogP contribution >= 0.6 is 0 Å². The Morgan fingerprint density at radius 2 is 2.11 bits per heavy atom. The van der Waals surface area contributed by atoms with E-state index in [0.29, 0.717) is 5.69 Å². The van der Waals surface area contributed by atoms with Crippen molar-refractivity contribution in [2.45, 2.75) is 45.3 Å². The van der Waals surface area contributed by atoms with Crippen LogP contribution in [0.2, 0.25) is 0 Å². The first-order chi connectivity index (χ1) is 8.62. The molecule has 2 N–H and O–H groups in total. The van der Waals surface area contributed by atoms with Gasteiger partial charge in [-0.3, -0.25) is 4.79 Å². The largest absolute Gasteiger partial charge is 0.368 e. The number of nitrogens with two attached hydrogens (primary N) is 1. The number of amides is 1. The Hall–Kier alpha value is -1.57. The Kier molecular flexibility index (Phi) is 4.56. The van der Waals surface area contributed by atoms with Crippen molar-refractivity contribution in [2.24, 2.45) is 5.73 Å². The summed E-state index contributed by atoms with van der Waals surface area (Å²) in [6, 6.07) is 0. The first kappa shape index (κ1) is 15.5. The van der Waals surface area contributed by atoms with Crippen molar-refractivity contribution in [1.29, 1.82) is 0 Å². The monoisotopic (exact) mass is 276 g/mol. The minimum absolute atomic E-state index is 0.0327. The summed E-state index contributed by atoms with van der Waals surface area (Å²) < 4.78 is 33.9. The molecular formula is C11H18F2N4O2. The normalized spacial score (nSPS) is 15.2. The molecule has 1 heterocycles. The molecule has 0 aliphatic carbocycles. The fourth-order valence-electron chi connectivity index (χ4n) is 1.23. The van der Waals surface area contributed by atoms with E-state index in [2.05, 4.69) is 10.3 Å². The Bertz CT molecular complexity index is 440. The smallest absolute Gasteiger partial charge is 0.243 e. The fourth-order valence-corrected chi connectivity index (χ4v) is 1.23. The molecule has 0 aliphatic rings. The molecule has 0 saturated carbocycles. The highest BCUT2D eigenvalue weighted by molar-refractivity contribution is 5.74. The number of nitrogens with zero attached hydrogens (tertiary/aromatic N) is 3. The van der Waals surface area contributed by atoms with E-state index in [0.717, 1.165) is 6.92 Å². The summed E-state index contributed by atoms with van der Waals surface area (Å²) in [6.07, 6.45) is 1.44. The van der Waals surface area contributed by atoms with Gasteiger partial charge >= 0.3 is 0 Å². The van der Waals surface area contributed by atoms with Crippen LogP contribution in [0.3, 0.4) is 0 Å². The maximum Gasteiger partial charge on any atom is 0.243 e. The Labute approximate surface area is 109 Å². The van der Waals surface area contributed by atoms with Crippen LogP contribution in [0.1, 0.15) is 26.5 Å². The molecule has 1 amide bonds. The van der Waals surface area contributed by atoms with Gasteiger partial charge in [0.1, 0.15) is 18.0 Å². The van der Waals surface area contributed by atoms with Gasteiger partial charge in [-0.2, -0.15) is 0 Å². The zero-order valence-electron chi connectivity index (χ0n) is 11.2. The first-order valence-corrected chi connectivity index (χ1v) is 5.75. The van der Waals surface area contributed by atoms with E-state index < -0.39 is 17.2 Å². The quantitative estimate of drug-likeness (QED) is 0.796. The molecule has 19 heavy (non-hydrogen) atoms. The molecule has 1 aromatic rings. The van der Waals surface area contributed by atoms with E-state index in [9.17, 15) is 13.6 Å². The van der Waals surface area contributed by atoms with Crippen LogP contribution in [0.4, 0.5) is 8.78 Å². The van der Waals surface area contributed by atoms with Crippen molar-refractivity contribution in [2.75, 3.05) is 6.61 Å². The van der Waals surface area contributed by atoms with E-state index in [1.807, 2.05) is 0 Å². The van der Waals surface area contributed by atoms with Crippen molar-refractivity contribution in [3.8, 4) is 0 Å². The lowest BCUT2D eigenvalue weighted by atomic mass is 9.91. The molecule has 1 rings (SSSR count). The summed E-state index contributed by atoms with van der Waals surface area (Å²) in [4.78, 5) is 10.5. The number of carbonyl (C=O) groups is 1. The predicted molar refractivity (Wildman–Crippen MR) is 63.6 cm³/mol. The van der Waals surface area contributed by atoms with Crippen LogP contribution in [0.15, 0.2) is 6.20 Å². The third kappa shape index (κ3) is 4.55. The highest BCUT2D eigenvalue weighted by Crippen LogP contribution is 2.31. The third-order valence-electron chi connectivity index (χ3n) is 2.78. The molecule has 0 fully saturated rings. The number of rotatable bonds is 7. The van der Waals surface area contributed by atoms with Crippen LogP contribution in [0.25, 0.3) is 0 Å². The molecular weight excluding hydrogens is 258 g/mol. The van der Waals surface area contributed by atoms with Crippen molar-refractivity contribution in [3.63, 3.8) is 0 Å². The molecule has 0 spiro atoms. The SMILES string of the molecule is CC(C)(F)C(C)(F)Cn1cc(COCC(N)=O)nn1. The van der Waals surface area contributed by atoms with Gasteiger partial charge in [-0.15, -0.1) is 5.10 Å². The second kappa shape index (κ2) is 5.60. The molecule has 108 valence electrons. The molecule has 1 atom stereocenters. The summed E-state index contributed by atoms with van der Waals surface area (Å²) in [6.45, 7) is 3.04. The molecule has 0 aliphatic heterocycles. The molecule has 8 heteroatoms. The van der Waals surface area contributed by atoms with E-state index in [4.69, 9.17) is 10.5 Å². The summed E-state index contributed by atoms with van der Waals surface area (Å²) in [5.41, 5.74) is 1.23. The number of hydrogen-bond acceptors (Lipinski definition) is 4. The van der Waals surface area contributed by atoms with Gasteiger partial charge in [0, 0.05) is 0 Å². The van der Waals surface area contributed by atoms with Crippen LogP contribution in [-0.2, 0) is 22.7 Å². The van der Waals surface area contributed by atoms with Crippen LogP contribution < -0.4 is 5.73 Å². The second-order valence-electron chi connectivity index (χ2n) is 5.04. The average Bonchev–Trinajstić information content (AvgIpc) is 2.62. The van der Waals surface area contributed by atoms with E-state index >= 15 is 0 Å². The van der Waals surface area contributed by atoms with Crippen molar-refractivity contribution in [1.82, 2.24) is 15.0 Å².